The van der Waals surface area contributed by atoms with Crippen LogP contribution in [0.25, 0.3) is 0 Å². The van der Waals surface area contributed by atoms with Crippen molar-refractivity contribution in [1.29, 1.82) is 0 Å². The first kappa shape index (κ1) is 30.0. The van der Waals surface area contributed by atoms with E-state index in [1.54, 1.807) is 66.5 Å². The number of thiocarbonyl (C=S) groups is 1. The van der Waals surface area contributed by atoms with Crippen LogP contribution in [-0.4, -0.2) is 52.1 Å². The minimum atomic E-state index is -0.981. The number of ether oxygens (including phenoxy) is 1. The molecule has 1 aromatic heterocycles. The summed E-state index contributed by atoms with van der Waals surface area (Å²) in [5.74, 6) is -1.65. The number of nitrogens with zero attached hydrogens (tertiary/aromatic N) is 4. The quantitative estimate of drug-likeness (QED) is 0.165. The highest BCUT2D eigenvalue weighted by molar-refractivity contribution is 7.80. The molecule has 0 aliphatic carbocycles. The summed E-state index contributed by atoms with van der Waals surface area (Å²) >= 11 is 5.80. The Hall–Kier alpha value is -5.43. The molecule has 4 aromatic rings. The van der Waals surface area contributed by atoms with Gasteiger partial charge in [-0.3, -0.25) is 29.1 Å². The zero-order valence-electron chi connectivity index (χ0n) is 24.1. The zero-order chi connectivity index (χ0) is 31.4. The van der Waals surface area contributed by atoms with Crippen LogP contribution in [0.1, 0.15) is 38.4 Å². The molecule has 1 aliphatic rings. The standard InChI is InChI=1S/C31H28N6O6S/c1-19-9-15-23(16-10-19)37-29(40)24(17-26(38)32-22-13-11-21(12-14-22)30(41)42-3)36(31(37)44)18-25-28(43-34-35(25)2)33-27(39)20-7-5-4-6-8-20/h4-16,24H,17-18H2,1-3H3,(H-,32,33,34,38,39,41)/p+1. The molecule has 1 atom stereocenters. The summed E-state index contributed by atoms with van der Waals surface area (Å²) in [6.07, 6.45) is -0.235. The number of anilines is 3. The van der Waals surface area contributed by atoms with E-state index in [1.807, 2.05) is 19.1 Å². The highest BCUT2D eigenvalue weighted by atomic mass is 32.1. The van der Waals surface area contributed by atoms with Crippen LogP contribution in [0.3, 0.4) is 0 Å². The number of aryl methyl sites for hydroxylation is 2. The molecule has 0 bridgehead atoms. The van der Waals surface area contributed by atoms with Crippen molar-refractivity contribution in [2.75, 3.05) is 22.6 Å². The number of hydrogen-bond donors (Lipinski definition) is 2. The summed E-state index contributed by atoms with van der Waals surface area (Å²) < 4.78 is 11.6. The molecular formula is C31H29N6O6S+. The van der Waals surface area contributed by atoms with Crippen LogP contribution in [-0.2, 0) is 27.9 Å². The molecule has 1 fully saturated rings. The molecule has 0 radical (unpaired) electrons. The number of hydrogen-bond acceptors (Lipinski definition) is 8. The number of nitrogens with one attached hydrogen (secondary N) is 2. The van der Waals surface area contributed by atoms with Crippen molar-refractivity contribution >= 4 is 58.3 Å². The lowest BCUT2D eigenvalue weighted by atomic mass is 10.1. The van der Waals surface area contributed by atoms with E-state index in [0.29, 0.717) is 28.2 Å². The van der Waals surface area contributed by atoms with Gasteiger partial charge in [-0.25, -0.2) is 4.79 Å². The van der Waals surface area contributed by atoms with Gasteiger partial charge in [0, 0.05) is 11.3 Å². The maximum atomic E-state index is 13.9. The number of methoxy groups -OCH3 is 1. The van der Waals surface area contributed by atoms with Gasteiger partial charge in [0.25, 0.3) is 17.5 Å². The van der Waals surface area contributed by atoms with Crippen molar-refractivity contribution in [3.05, 3.63) is 101 Å². The molecule has 3 aromatic carbocycles. The highest BCUT2D eigenvalue weighted by Crippen LogP contribution is 2.30. The Labute approximate surface area is 258 Å². The largest absolute Gasteiger partial charge is 0.465 e. The van der Waals surface area contributed by atoms with Gasteiger partial charge in [-0.15, -0.1) is 0 Å². The molecule has 12 nitrogen and oxygen atoms in total. The molecule has 2 heterocycles. The molecule has 13 heteroatoms. The van der Waals surface area contributed by atoms with E-state index < -0.39 is 23.8 Å². The molecule has 1 saturated heterocycles. The molecule has 3 amide bonds. The van der Waals surface area contributed by atoms with Crippen LogP contribution in [0, 0.1) is 6.92 Å². The number of rotatable bonds is 9. The lowest BCUT2D eigenvalue weighted by Gasteiger charge is -2.22. The average molecular weight is 614 g/mol. The Morgan fingerprint density at radius 3 is 2.32 bits per heavy atom. The third-order valence-electron chi connectivity index (χ3n) is 7.07. The number of carbonyl (C=O) groups is 4. The van der Waals surface area contributed by atoms with Crippen LogP contribution in [0.4, 0.5) is 17.3 Å². The number of carbonyl (C=O) groups excluding carboxylic acids is 4. The smallest absolute Gasteiger partial charge is 0.337 e. The van der Waals surface area contributed by atoms with Crippen LogP contribution in [0.15, 0.2) is 83.4 Å². The van der Waals surface area contributed by atoms with E-state index in [1.165, 1.54) is 28.8 Å². The first-order valence-electron chi connectivity index (χ1n) is 13.6. The van der Waals surface area contributed by atoms with Gasteiger partial charge in [0.2, 0.25) is 11.2 Å². The normalized spacial score (nSPS) is 14.5. The molecule has 2 N–H and O–H groups in total. The zero-order valence-corrected chi connectivity index (χ0v) is 25.0. The van der Waals surface area contributed by atoms with Crippen molar-refractivity contribution in [3.63, 3.8) is 0 Å². The van der Waals surface area contributed by atoms with Crippen molar-refractivity contribution in [3.8, 4) is 0 Å². The maximum absolute atomic E-state index is 13.9. The lowest BCUT2D eigenvalue weighted by molar-refractivity contribution is -0.746. The van der Waals surface area contributed by atoms with Gasteiger partial charge < -0.3 is 15.0 Å². The number of aromatic nitrogens is 2. The monoisotopic (exact) mass is 613 g/mol. The number of esters is 1. The van der Waals surface area contributed by atoms with E-state index in [0.717, 1.165) is 5.56 Å². The molecule has 1 unspecified atom stereocenters. The van der Waals surface area contributed by atoms with Gasteiger partial charge in [-0.2, -0.15) is 0 Å². The summed E-state index contributed by atoms with van der Waals surface area (Å²) in [4.78, 5) is 54.7. The van der Waals surface area contributed by atoms with Gasteiger partial charge in [0.15, 0.2) is 12.2 Å². The minimum absolute atomic E-state index is 0.00309. The van der Waals surface area contributed by atoms with Gasteiger partial charge in [-0.1, -0.05) is 35.9 Å². The Bertz CT molecular complexity index is 1720. The van der Waals surface area contributed by atoms with Gasteiger partial charge in [0.05, 0.1) is 24.8 Å². The molecule has 0 saturated carbocycles. The number of benzene rings is 3. The summed E-state index contributed by atoms with van der Waals surface area (Å²) in [6, 6.07) is 21.1. The van der Waals surface area contributed by atoms with E-state index in [4.69, 9.17) is 21.5 Å². The third kappa shape index (κ3) is 6.32. The van der Waals surface area contributed by atoms with Crippen LogP contribution in [0.2, 0.25) is 0 Å². The predicted octanol–water partition coefficient (Wildman–Crippen LogP) is 3.38. The predicted molar refractivity (Wildman–Crippen MR) is 164 cm³/mol. The fraction of sp³-hybridized carbons (Fsp3) is 0.194. The fourth-order valence-electron chi connectivity index (χ4n) is 4.69. The SMILES string of the molecule is COC(=O)c1ccc(NC(=O)CC2C(=O)N(c3ccc(C)cc3)C(=S)N2Cc2c(NC(=O)c3ccccc3)on[n+]2C)cc1. The van der Waals surface area contributed by atoms with Gasteiger partial charge >= 0.3 is 11.9 Å². The highest BCUT2D eigenvalue weighted by Gasteiger charge is 2.46. The molecule has 0 spiro atoms. The molecule has 1 aliphatic heterocycles. The van der Waals surface area contributed by atoms with E-state index >= 15 is 0 Å². The van der Waals surface area contributed by atoms with Crippen LogP contribution in [0.5, 0.6) is 0 Å². The van der Waals surface area contributed by atoms with Crippen LogP contribution >= 0.6 is 12.2 Å². The fourth-order valence-corrected chi connectivity index (χ4v) is 5.07. The summed E-state index contributed by atoms with van der Waals surface area (Å²) in [5.41, 5.74) is 3.19. The van der Waals surface area contributed by atoms with Crippen molar-refractivity contribution < 1.29 is 33.1 Å². The molecule has 5 rings (SSSR count). The first-order chi connectivity index (χ1) is 21.2. The second-order valence-electron chi connectivity index (χ2n) is 10.0. The topological polar surface area (TPSA) is 138 Å². The number of amides is 3. The third-order valence-corrected chi connectivity index (χ3v) is 7.49. The van der Waals surface area contributed by atoms with Crippen molar-refractivity contribution in [1.82, 2.24) is 10.2 Å². The summed E-state index contributed by atoms with van der Waals surface area (Å²) in [6.45, 7) is 1.94. The maximum Gasteiger partial charge on any atom is 0.337 e. The van der Waals surface area contributed by atoms with Crippen molar-refractivity contribution in [2.24, 2.45) is 7.05 Å². The summed E-state index contributed by atoms with van der Waals surface area (Å²) in [7, 11) is 2.92. The van der Waals surface area contributed by atoms with E-state index in [2.05, 4.69) is 15.9 Å². The minimum Gasteiger partial charge on any atom is -0.465 e. The first-order valence-corrected chi connectivity index (χ1v) is 14.0. The molecule has 44 heavy (non-hydrogen) atoms. The second-order valence-corrected chi connectivity index (χ2v) is 10.4. The molecular weight excluding hydrogens is 584 g/mol. The molecule has 224 valence electrons. The van der Waals surface area contributed by atoms with Gasteiger partial charge in [0.1, 0.15) is 12.6 Å². The Balaban J connectivity index is 1.41. The lowest BCUT2D eigenvalue weighted by Crippen LogP contribution is -2.43. The summed E-state index contributed by atoms with van der Waals surface area (Å²) in [5, 5.41) is 9.64. The van der Waals surface area contributed by atoms with Crippen LogP contribution < -0.4 is 20.2 Å². The second kappa shape index (κ2) is 12.8. The Morgan fingerprint density at radius 2 is 1.66 bits per heavy atom. The van der Waals surface area contributed by atoms with Crippen molar-refractivity contribution in [2.45, 2.75) is 25.9 Å². The van der Waals surface area contributed by atoms with E-state index in [9.17, 15) is 19.2 Å². The van der Waals surface area contributed by atoms with E-state index in [-0.39, 0.29) is 29.9 Å². The Kier molecular flexibility index (Phi) is 8.76. The van der Waals surface area contributed by atoms with Gasteiger partial charge in [-0.05, 0) is 72.4 Å². The Morgan fingerprint density at radius 1 is 0.977 bits per heavy atom. The average Bonchev–Trinajstić information content (AvgIpc) is 3.48.